The van der Waals surface area contributed by atoms with Gasteiger partial charge in [-0.1, -0.05) is 11.6 Å². The maximum atomic E-state index is 13.3. The minimum Gasteiger partial charge on any atom is -0.466 e. The number of carbonyl (C=O) groups is 1. The summed E-state index contributed by atoms with van der Waals surface area (Å²) in [6, 6.07) is 1.14. The molecule has 5 nitrogen and oxygen atoms in total. The van der Waals surface area contributed by atoms with Crippen LogP contribution in [0.25, 0.3) is 0 Å². The molecule has 0 saturated carbocycles. The zero-order valence-corrected chi connectivity index (χ0v) is 10.4. The molecule has 0 amide bonds. The van der Waals surface area contributed by atoms with Crippen molar-refractivity contribution in [3.8, 4) is 0 Å². The molecule has 2 N–H and O–H groups in total. The standard InChI is InChI=1S/C11H13ClFNO4/c1-2-18-9(16)4-8(15)10(17)7-3-6(12)5-14-11(7)13/h3,5,8,10,15,17H,2,4H2,1H3. The van der Waals surface area contributed by atoms with Gasteiger partial charge in [0.2, 0.25) is 5.95 Å². The Balaban J connectivity index is 2.76. The lowest BCUT2D eigenvalue weighted by Gasteiger charge is -2.17. The molecule has 0 aliphatic heterocycles. The summed E-state index contributed by atoms with van der Waals surface area (Å²) >= 11 is 5.61. The fraction of sp³-hybridized carbons (Fsp3) is 0.455. The van der Waals surface area contributed by atoms with Crippen LogP contribution in [0.2, 0.25) is 5.02 Å². The third-order valence-corrected chi connectivity index (χ3v) is 2.40. The van der Waals surface area contributed by atoms with E-state index >= 15 is 0 Å². The third-order valence-electron chi connectivity index (χ3n) is 2.20. The molecule has 1 heterocycles. The van der Waals surface area contributed by atoms with Gasteiger partial charge in [0.05, 0.1) is 24.2 Å². The number of hydrogen-bond acceptors (Lipinski definition) is 5. The van der Waals surface area contributed by atoms with Gasteiger partial charge in [-0.3, -0.25) is 4.79 Å². The number of rotatable bonds is 5. The van der Waals surface area contributed by atoms with E-state index in [2.05, 4.69) is 9.72 Å². The number of aliphatic hydroxyl groups is 2. The Morgan fingerprint density at radius 3 is 2.89 bits per heavy atom. The number of aliphatic hydroxyl groups excluding tert-OH is 2. The minimum absolute atomic E-state index is 0.119. The lowest BCUT2D eigenvalue weighted by atomic mass is 10.0. The Morgan fingerprint density at radius 2 is 2.28 bits per heavy atom. The van der Waals surface area contributed by atoms with Gasteiger partial charge < -0.3 is 14.9 Å². The normalized spacial score (nSPS) is 14.1. The number of carbonyl (C=O) groups excluding carboxylic acids is 1. The molecule has 7 heteroatoms. The SMILES string of the molecule is CCOC(=O)CC(O)C(O)c1cc(Cl)cnc1F. The molecular weight excluding hydrogens is 265 g/mol. The summed E-state index contributed by atoms with van der Waals surface area (Å²) in [7, 11) is 0. The van der Waals surface area contributed by atoms with Gasteiger partial charge >= 0.3 is 5.97 Å². The Bertz CT molecular complexity index is 430. The van der Waals surface area contributed by atoms with Gasteiger partial charge in [-0.2, -0.15) is 4.39 Å². The molecule has 1 aromatic heterocycles. The van der Waals surface area contributed by atoms with Gasteiger partial charge in [-0.25, -0.2) is 4.98 Å². The summed E-state index contributed by atoms with van der Waals surface area (Å²) in [4.78, 5) is 14.4. The highest BCUT2D eigenvalue weighted by Gasteiger charge is 2.25. The van der Waals surface area contributed by atoms with Crippen LogP contribution in [0, 0.1) is 5.95 Å². The number of ether oxygens (including phenoxy) is 1. The van der Waals surface area contributed by atoms with Gasteiger partial charge in [0, 0.05) is 11.8 Å². The fourth-order valence-electron chi connectivity index (χ4n) is 1.36. The van der Waals surface area contributed by atoms with E-state index in [9.17, 15) is 19.4 Å². The Morgan fingerprint density at radius 1 is 1.61 bits per heavy atom. The summed E-state index contributed by atoms with van der Waals surface area (Å²) in [5, 5.41) is 19.4. The third kappa shape index (κ3) is 3.90. The molecule has 2 atom stereocenters. The van der Waals surface area contributed by atoms with E-state index in [1.54, 1.807) is 6.92 Å². The van der Waals surface area contributed by atoms with Crippen molar-refractivity contribution < 1.29 is 24.1 Å². The van der Waals surface area contributed by atoms with Crippen LogP contribution in [0.4, 0.5) is 4.39 Å². The average molecular weight is 278 g/mol. The van der Waals surface area contributed by atoms with Crippen LogP contribution in [-0.4, -0.2) is 33.9 Å². The smallest absolute Gasteiger partial charge is 0.308 e. The van der Waals surface area contributed by atoms with Gasteiger partial charge in [-0.15, -0.1) is 0 Å². The van der Waals surface area contributed by atoms with Crippen molar-refractivity contribution in [2.75, 3.05) is 6.61 Å². The molecule has 100 valence electrons. The highest BCUT2D eigenvalue weighted by Crippen LogP contribution is 2.23. The average Bonchev–Trinajstić information content (AvgIpc) is 2.31. The van der Waals surface area contributed by atoms with E-state index in [1.807, 2.05) is 0 Å². The Labute approximate surface area is 108 Å². The van der Waals surface area contributed by atoms with Crippen LogP contribution < -0.4 is 0 Å². The van der Waals surface area contributed by atoms with E-state index in [-0.39, 0.29) is 17.2 Å². The molecule has 0 spiro atoms. The molecule has 0 fully saturated rings. The maximum Gasteiger partial charge on any atom is 0.308 e. The largest absolute Gasteiger partial charge is 0.466 e. The predicted molar refractivity (Wildman–Crippen MR) is 61.4 cm³/mol. The second-order valence-electron chi connectivity index (χ2n) is 3.55. The van der Waals surface area contributed by atoms with Crippen molar-refractivity contribution in [1.29, 1.82) is 0 Å². The lowest BCUT2D eigenvalue weighted by molar-refractivity contribution is -0.147. The summed E-state index contributed by atoms with van der Waals surface area (Å²) in [6.07, 6.45) is -2.45. The van der Waals surface area contributed by atoms with Gasteiger partial charge in [0.25, 0.3) is 0 Å². The first-order chi connectivity index (χ1) is 8.45. The van der Waals surface area contributed by atoms with Crippen LogP contribution in [0.3, 0.4) is 0 Å². The summed E-state index contributed by atoms with van der Waals surface area (Å²) in [6.45, 7) is 1.77. The number of hydrogen-bond donors (Lipinski definition) is 2. The van der Waals surface area contributed by atoms with Crippen LogP contribution >= 0.6 is 11.6 Å². The highest BCUT2D eigenvalue weighted by molar-refractivity contribution is 6.30. The molecule has 2 unspecified atom stereocenters. The highest BCUT2D eigenvalue weighted by atomic mass is 35.5. The van der Waals surface area contributed by atoms with Crippen LogP contribution in [0.1, 0.15) is 25.0 Å². The minimum atomic E-state index is -1.60. The van der Waals surface area contributed by atoms with Gasteiger partial charge in [0.15, 0.2) is 0 Å². The van der Waals surface area contributed by atoms with E-state index in [0.717, 1.165) is 12.3 Å². The molecule has 0 bridgehead atoms. The van der Waals surface area contributed by atoms with Crippen molar-refractivity contribution >= 4 is 17.6 Å². The molecular formula is C11H13ClFNO4. The Kier molecular flexibility index (Phi) is 5.46. The van der Waals surface area contributed by atoms with Crippen molar-refractivity contribution in [1.82, 2.24) is 4.98 Å². The predicted octanol–water partition coefficient (Wildman–Crippen LogP) is 1.22. The van der Waals surface area contributed by atoms with E-state index in [4.69, 9.17) is 11.6 Å². The molecule has 0 aliphatic rings. The molecule has 0 radical (unpaired) electrons. The summed E-state index contributed by atoms with van der Waals surface area (Å²) < 4.78 is 17.9. The summed E-state index contributed by atoms with van der Waals surface area (Å²) in [5.41, 5.74) is -0.265. The second-order valence-corrected chi connectivity index (χ2v) is 3.99. The monoisotopic (exact) mass is 277 g/mol. The topological polar surface area (TPSA) is 79.7 Å². The number of esters is 1. The molecule has 18 heavy (non-hydrogen) atoms. The molecule has 0 saturated heterocycles. The molecule has 0 aromatic carbocycles. The van der Waals surface area contributed by atoms with Gasteiger partial charge in [0.1, 0.15) is 6.10 Å². The van der Waals surface area contributed by atoms with Crippen LogP contribution in [0.15, 0.2) is 12.3 Å². The van der Waals surface area contributed by atoms with E-state index in [1.165, 1.54) is 0 Å². The summed E-state index contributed by atoms with van der Waals surface area (Å²) in [5.74, 6) is -1.63. The number of halogens is 2. The van der Waals surface area contributed by atoms with Crippen molar-refractivity contribution in [3.63, 3.8) is 0 Å². The van der Waals surface area contributed by atoms with Crippen LogP contribution in [0.5, 0.6) is 0 Å². The zero-order chi connectivity index (χ0) is 13.7. The number of aromatic nitrogens is 1. The van der Waals surface area contributed by atoms with Crippen molar-refractivity contribution in [2.45, 2.75) is 25.6 Å². The van der Waals surface area contributed by atoms with Crippen LogP contribution in [-0.2, 0) is 9.53 Å². The maximum absolute atomic E-state index is 13.3. The molecule has 0 aliphatic carbocycles. The Hall–Kier alpha value is -1.24. The molecule has 1 aromatic rings. The first-order valence-corrected chi connectivity index (χ1v) is 5.66. The van der Waals surface area contributed by atoms with E-state index in [0.29, 0.717) is 0 Å². The second kappa shape index (κ2) is 6.63. The number of nitrogens with zero attached hydrogens (tertiary/aromatic N) is 1. The quantitative estimate of drug-likeness (QED) is 0.625. The lowest BCUT2D eigenvalue weighted by Crippen LogP contribution is -2.24. The van der Waals surface area contributed by atoms with E-state index < -0.39 is 30.5 Å². The number of pyridine rings is 1. The first-order valence-electron chi connectivity index (χ1n) is 5.28. The van der Waals surface area contributed by atoms with Crippen molar-refractivity contribution in [3.05, 3.63) is 28.8 Å². The van der Waals surface area contributed by atoms with Crippen molar-refractivity contribution in [2.24, 2.45) is 0 Å². The molecule has 1 rings (SSSR count). The van der Waals surface area contributed by atoms with Gasteiger partial charge in [-0.05, 0) is 13.0 Å². The zero-order valence-electron chi connectivity index (χ0n) is 9.64. The first kappa shape index (κ1) is 14.8. The fourth-order valence-corrected chi connectivity index (χ4v) is 1.52.